The van der Waals surface area contributed by atoms with E-state index in [1.165, 1.54) is 31.8 Å². The highest BCUT2D eigenvalue weighted by Gasteiger charge is 2.17. The van der Waals surface area contributed by atoms with Gasteiger partial charge in [-0.25, -0.2) is 0 Å². The number of halogens is 1. The molecule has 0 aliphatic heterocycles. The van der Waals surface area contributed by atoms with Gasteiger partial charge in [-0.3, -0.25) is 0 Å². The second kappa shape index (κ2) is 7.57. The first-order valence-corrected chi connectivity index (χ1v) is 9.26. The van der Waals surface area contributed by atoms with E-state index >= 15 is 0 Å². The van der Waals surface area contributed by atoms with E-state index in [1.807, 2.05) is 11.3 Å². The highest BCUT2D eigenvalue weighted by Crippen LogP contribution is 2.34. The molecule has 0 spiro atoms. The first-order valence-electron chi connectivity index (χ1n) is 7.65. The Labute approximate surface area is 140 Å². The minimum Gasteiger partial charge on any atom is -0.306 e. The third kappa shape index (κ3) is 3.97. The van der Waals surface area contributed by atoms with Crippen LogP contribution in [0.25, 0.3) is 0 Å². The summed E-state index contributed by atoms with van der Waals surface area (Å²) in [5, 5.41) is 3.61. The van der Waals surface area contributed by atoms with Crippen LogP contribution in [0.5, 0.6) is 0 Å². The fourth-order valence-electron chi connectivity index (χ4n) is 2.47. The monoisotopic (exact) mass is 365 g/mol. The van der Waals surface area contributed by atoms with Gasteiger partial charge in [-0.2, -0.15) is 0 Å². The highest BCUT2D eigenvalue weighted by atomic mass is 79.9. The van der Waals surface area contributed by atoms with Crippen LogP contribution in [0, 0.1) is 6.92 Å². The molecular weight excluding hydrogens is 342 g/mol. The van der Waals surface area contributed by atoms with Crippen LogP contribution < -0.4 is 5.32 Å². The molecule has 0 saturated carbocycles. The number of aryl methyl sites for hydroxylation is 1. The van der Waals surface area contributed by atoms with E-state index in [9.17, 15) is 0 Å². The Hall–Kier alpha value is -0.640. The van der Waals surface area contributed by atoms with Crippen molar-refractivity contribution in [1.82, 2.24) is 5.32 Å². The summed E-state index contributed by atoms with van der Waals surface area (Å²) in [5.74, 6) is 0.634. The van der Waals surface area contributed by atoms with Crippen LogP contribution in [-0.4, -0.2) is 6.54 Å². The molecule has 2 unspecified atom stereocenters. The standard InChI is InChI=1S/C18H24BrNS/c1-5-12(3)14-7-9-15(10-8-14)17(20-6-2)16-11-13(4)18(19)21-16/h7-12,17,20H,5-6H2,1-4H3. The van der Waals surface area contributed by atoms with Crippen molar-refractivity contribution in [1.29, 1.82) is 0 Å². The number of nitrogens with one attached hydrogen (secondary N) is 1. The maximum absolute atomic E-state index is 3.64. The van der Waals surface area contributed by atoms with Crippen molar-refractivity contribution in [2.24, 2.45) is 0 Å². The number of hydrogen-bond acceptors (Lipinski definition) is 2. The lowest BCUT2D eigenvalue weighted by molar-refractivity contribution is 0.638. The molecule has 2 atom stereocenters. The lowest BCUT2D eigenvalue weighted by Gasteiger charge is -2.18. The second-order valence-electron chi connectivity index (χ2n) is 5.57. The van der Waals surface area contributed by atoms with Crippen molar-refractivity contribution in [3.05, 3.63) is 55.7 Å². The van der Waals surface area contributed by atoms with Gasteiger partial charge in [0.1, 0.15) is 0 Å². The largest absolute Gasteiger partial charge is 0.306 e. The zero-order chi connectivity index (χ0) is 15.4. The van der Waals surface area contributed by atoms with Crippen molar-refractivity contribution in [3.8, 4) is 0 Å². The molecule has 3 heteroatoms. The van der Waals surface area contributed by atoms with E-state index in [1.54, 1.807) is 0 Å². The average molecular weight is 366 g/mol. The molecule has 1 aromatic carbocycles. The Bertz CT molecular complexity index is 554. The smallest absolute Gasteiger partial charge is 0.0731 e. The van der Waals surface area contributed by atoms with Gasteiger partial charge in [-0.1, -0.05) is 45.0 Å². The Balaban J connectivity index is 2.29. The van der Waals surface area contributed by atoms with Crippen LogP contribution in [0.3, 0.4) is 0 Å². The van der Waals surface area contributed by atoms with Crippen molar-refractivity contribution >= 4 is 27.3 Å². The molecule has 1 N–H and O–H groups in total. The summed E-state index contributed by atoms with van der Waals surface area (Å²) in [5.41, 5.74) is 4.09. The molecule has 0 bridgehead atoms. The Kier molecular flexibility index (Phi) is 6.03. The molecule has 0 fully saturated rings. The maximum atomic E-state index is 3.64. The fraction of sp³-hybridized carbons (Fsp3) is 0.444. The molecule has 1 heterocycles. The Morgan fingerprint density at radius 2 is 1.76 bits per heavy atom. The molecule has 2 rings (SSSR count). The van der Waals surface area contributed by atoms with Gasteiger partial charge < -0.3 is 5.32 Å². The molecule has 0 aliphatic carbocycles. The van der Waals surface area contributed by atoms with Crippen LogP contribution in [0.1, 0.15) is 60.7 Å². The number of benzene rings is 1. The zero-order valence-corrected chi connectivity index (χ0v) is 15.6. The van der Waals surface area contributed by atoms with Gasteiger partial charge in [0, 0.05) is 4.88 Å². The summed E-state index contributed by atoms with van der Waals surface area (Å²) in [4.78, 5) is 1.37. The normalized spacial score (nSPS) is 14.1. The lowest BCUT2D eigenvalue weighted by atomic mass is 9.95. The molecule has 1 aromatic heterocycles. The first kappa shape index (κ1) is 16.7. The van der Waals surface area contributed by atoms with Crippen molar-refractivity contribution in [2.75, 3.05) is 6.54 Å². The number of thiophene rings is 1. The quantitative estimate of drug-likeness (QED) is 0.658. The zero-order valence-electron chi connectivity index (χ0n) is 13.2. The van der Waals surface area contributed by atoms with Crippen LogP contribution >= 0.6 is 27.3 Å². The maximum Gasteiger partial charge on any atom is 0.0731 e. The summed E-state index contributed by atoms with van der Waals surface area (Å²) < 4.78 is 1.23. The van der Waals surface area contributed by atoms with Crippen molar-refractivity contribution in [3.63, 3.8) is 0 Å². The molecule has 0 saturated heterocycles. The van der Waals surface area contributed by atoms with Crippen LogP contribution in [0.4, 0.5) is 0 Å². The van der Waals surface area contributed by atoms with E-state index in [-0.39, 0.29) is 6.04 Å². The van der Waals surface area contributed by atoms with Crippen LogP contribution in [-0.2, 0) is 0 Å². The Morgan fingerprint density at radius 3 is 2.24 bits per heavy atom. The van der Waals surface area contributed by atoms with Crippen LogP contribution in [0.2, 0.25) is 0 Å². The molecule has 1 nitrogen and oxygen atoms in total. The van der Waals surface area contributed by atoms with Gasteiger partial charge >= 0.3 is 0 Å². The van der Waals surface area contributed by atoms with E-state index in [4.69, 9.17) is 0 Å². The molecule has 114 valence electrons. The van der Waals surface area contributed by atoms with Gasteiger partial charge in [0.05, 0.1) is 9.83 Å². The summed E-state index contributed by atoms with van der Waals surface area (Å²) in [6.45, 7) is 9.81. The van der Waals surface area contributed by atoms with Crippen molar-refractivity contribution < 1.29 is 0 Å². The molecule has 2 aromatic rings. The van der Waals surface area contributed by atoms with Gasteiger partial charge in [0.2, 0.25) is 0 Å². The molecule has 0 amide bonds. The Morgan fingerprint density at radius 1 is 1.14 bits per heavy atom. The lowest BCUT2D eigenvalue weighted by Crippen LogP contribution is -2.21. The molecule has 21 heavy (non-hydrogen) atoms. The SMILES string of the molecule is CCNC(c1ccc(C(C)CC)cc1)c1cc(C)c(Br)s1. The molecule has 0 aliphatic rings. The third-order valence-corrected chi connectivity index (χ3v) is 6.22. The minimum absolute atomic E-state index is 0.288. The van der Waals surface area contributed by atoms with Gasteiger partial charge in [0.15, 0.2) is 0 Å². The topological polar surface area (TPSA) is 12.0 Å². The van der Waals surface area contributed by atoms with E-state index in [0.29, 0.717) is 5.92 Å². The number of hydrogen-bond donors (Lipinski definition) is 1. The van der Waals surface area contributed by atoms with Crippen molar-refractivity contribution in [2.45, 2.75) is 46.1 Å². The predicted octanol–water partition coefficient (Wildman–Crippen LogP) is 6.03. The highest BCUT2D eigenvalue weighted by molar-refractivity contribution is 9.11. The van der Waals surface area contributed by atoms with Gasteiger partial charge in [0.25, 0.3) is 0 Å². The predicted molar refractivity (Wildman–Crippen MR) is 97.4 cm³/mol. The second-order valence-corrected chi connectivity index (χ2v) is 7.97. The third-order valence-electron chi connectivity index (χ3n) is 4.02. The number of rotatable bonds is 6. The van der Waals surface area contributed by atoms with Gasteiger partial charge in [-0.15, -0.1) is 11.3 Å². The summed E-state index contributed by atoms with van der Waals surface area (Å²) in [6.07, 6.45) is 1.19. The fourth-order valence-corrected chi connectivity index (χ4v) is 4.14. The van der Waals surface area contributed by atoms with E-state index in [0.717, 1.165) is 6.54 Å². The average Bonchev–Trinajstić information content (AvgIpc) is 2.83. The van der Waals surface area contributed by atoms with Gasteiger partial charge in [-0.05, 0) is 64.5 Å². The first-order chi connectivity index (χ1) is 10.1. The molecular formula is C18H24BrNS. The van der Waals surface area contributed by atoms with E-state index in [2.05, 4.69) is 79.3 Å². The van der Waals surface area contributed by atoms with E-state index < -0.39 is 0 Å². The summed E-state index contributed by atoms with van der Waals surface area (Å²) in [7, 11) is 0. The summed E-state index contributed by atoms with van der Waals surface area (Å²) in [6, 6.07) is 11.7. The summed E-state index contributed by atoms with van der Waals surface area (Å²) >= 11 is 5.47. The molecule has 0 radical (unpaired) electrons. The minimum atomic E-state index is 0.288. The van der Waals surface area contributed by atoms with Crippen LogP contribution in [0.15, 0.2) is 34.1 Å².